The molecule has 2 bridgehead atoms. The van der Waals surface area contributed by atoms with Crippen molar-refractivity contribution in [1.82, 2.24) is 14.9 Å². The van der Waals surface area contributed by atoms with E-state index in [0.717, 1.165) is 18.4 Å². The minimum Gasteiger partial charge on any atom is -0.467 e. The summed E-state index contributed by atoms with van der Waals surface area (Å²) >= 11 is 0. The van der Waals surface area contributed by atoms with E-state index in [1.54, 1.807) is 0 Å². The van der Waals surface area contributed by atoms with Gasteiger partial charge in [0.1, 0.15) is 0 Å². The molecule has 1 amide bonds. The molecule has 2 saturated heterocycles. The number of piperidine rings is 1. The van der Waals surface area contributed by atoms with Gasteiger partial charge >= 0.3 is 6.01 Å². The molecule has 0 spiro atoms. The molecule has 8 heteroatoms. The van der Waals surface area contributed by atoms with Crippen LogP contribution < -0.4 is 14.2 Å². The van der Waals surface area contributed by atoms with Crippen LogP contribution in [0.25, 0.3) is 0 Å². The highest BCUT2D eigenvalue weighted by molar-refractivity contribution is 5.94. The van der Waals surface area contributed by atoms with Gasteiger partial charge in [0, 0.05) is 37.3 Å². The molecule has 5 rings (SSSR count). The largest absolute Gasteiger partial charge is 0.467 e. The summed E-state index contributed by atoms with van der Waals surface area (Å²) < 4.78 is 15.8. The number of amides is 1. The lowest BCUT2D eigenvalue weighted by Crippen LogP contribution is -2.52. The minimum atomic E-state index is -0.986. The van der Waals surface area contributed by atoms with Crippen LogP contribution in [0.1, 0.15) is 41.6 Å². The number of benzene rings is 1. The van der Waals surface area contributed by atoms with Crippen molar-refractivity contribution in [3.05, 3.63) is 41.7 Å². The number of fused-ring (bicyclic) bond motifs is 3. The van der Waals surface area contributed by atoms with Crippen LogP contribution in [0.4, 0.5) is 0 Å². The maximum Gasteiger partial charge on any atom is 0.316 e. The van der Waals surface area contributed by atoms with E-state index in [4.69, 9.17) is 14.2 Å². The summed E-state index contributed by atoms with van der Waals surface area (Å²) in [6.45, 7) is 0.203. The van der Waals surface area contributed by atoms with Crippen molar-refractivity contribution in [3.8, 4) is 17.5 Å². The minimum absolute atomic E-state index is 0.0243. The third kappa shape index (κ3) is 2.67. The number of carbonyl (C=O) groups is 1. The van der Waals surface area contributed by atoms with Gasteiger partial charge < -0.3 is 24.2 Å². The lowest BCUT2D eigenvalue weighted by Gasteiger charge is -2.44. The fourth-order valence-electron chi connectivity index (χ4n) is 4.66. The second kappa shape index (κ2) is 6.34. The van der Waals surface area contributed by atoms with Crippen LogP contribution >= 0.6 is 0 Å². The summed E-state index contributed by atoms with van der Waals surface area (Å²) in [5, 5.41) is 11.4. The van der Waals surface area contributed by atoms with Crippen LogP contribution in [0, 0.1) is 0 Å². The monoisotopic (exact) mass is 383 g/mol. The van der Waals surface area contributed by atoms with Gasteiger partial charge in [0.15, 0.2) is 11.5 Å². The number of aliphatic hydroxyl groups is 1. The van der Waals surface area contributed by atoms with Crippen LogP contribution in [0.2, 0.25) is 0 Å². The van der Waals surface area contributed by atoms with Crippen molar-refractivity contribution in [2.24, 2.45) is 0 Å². The average Bonchev–Trinajstić information content (AvgIpc) is 3.29. The molecule has 0 radical (unpaired) electrons. The van der Waals surface area contributed by atoms with Crippen LogP contribution in [0.3, 0.4) is 0 Å². The molecule has 3 aliphatic rings. The Bertz CT molecular complexity index is 903. The number of nitrogens with zero attached hydrogens (tertiary/aromatic N) is 3. The Morgan fingerprint density at radius 1 is 1.18 bits per heavy atom. The summed E-state index contributed by atoms with van der Waals surface area (Å²) in [6, 6.07) is 5.77. The summed E-state index contributed by atoms with van der Waals surface area (Å²) in [6.07, 6.45) is 5.72. The van der Waals surface area contributed by atoms with Crippen LogP contribution in [-0.2, 0) is 5.60 Å². The smallest absolute Gasteiger partial charge is 0.316 e. The predicted octanol–water partition coefficient (Wildman–Crippen LogP) is 1.87. The molecule has 0 saturated carbocycles. The molecule has 28 heavy (non-hydrogen) atoms. The fourth-order valence-corrected chi connectivity index (χ4v) is 4.66. The highest BCUT2D eigenvalue weighted by Gasteiger charge is 2.50. The second-order valence-electron chi connectivity index (χ2n) is 7.56. The number of ether oxygens (including phenoxy) is 3. The molecular formula is C20H21N3O5. The Hall–Kier alpha value is -2.87. The van der Waals surface area contributed by atoms with Gasteiger partial charge in [0.05, 0.1) is 18.3 Å². The van der Waals surface area contributed by atoms with Gasteiger partial charge in [0.2, 0.25) is 6.79 Å². The molecule has 8 nitrogen and oxygen atoms in total. The van der Waals surface area contributed by atoms with E-state index >= 15 is 0 Å². The van der Waals surface area contributed by atoms with Crippen molar-refractivity contribution >= 4 is 5.91 Å². The number of methoxy groups -OCH3 is 1. The maximum atomic E-state index is 13.0. The lowest BCUT2D eigenvalue weighted by molar-refractivity contribution is -0.0480. The van der Waals surface area contributed by atoms with E-state index in [1.807, 2.05) is 23.1 Å². The quantitative estimate of drug-likeness (QED) is 0.865. The van der Waals surface area contributed by atoms with E-state index in [9.17, 15) is 9.90 Å². The zero-order chi connectivity index (χ0) is 19.3. The van der Waals surface area contributed by atoms with Gasteiger partial charge in [-0.1, -0.05) is 6.07 Å². The van der Waals surface area contributed by atoms with Gasteiger partial charge in [-0.2, -0.15) is 0 Å². The highest BCUT2D eigenvalue weighted by Crippen LogP contribution is 2.47. The number of aromatic nitrogens is 2. The van der Waals surface area contributed by atoms with Gasteiger partial charge in [-0.3, -0.25) is 4.79 Å². The summed E-state index contributed by atoms with van der Waals surface area (Å²) in [5.41, 5.74) is 0.264. The third-order valence-electron chi connectivity index (χ3n) is 5.97. The first-order chi connectivity index (χ1) is 13.6. The van der Waals surface area contributed by atoms with Crippen molar-refractivity contribution < 1.29 is 24.1 Å². The van der Waals surface area contributed by atoms with Crippen molar-refractivity contribution in [3.63, 3.8) is 0 Å². The first-order valence-electron chi connectivity index (χ1n) is 9.38. The normalized spacial score (nSPS) is 27.7. The summed E-state index contributed by atoms with van der Waals surface area (Å²) in [7, 11) is 1.48. The van der Waals surface area contributed by atoms with E-state index < -0.39 is 5.60 Å². The Morgan fingerprint density at radius 2 is 1.86 bits per heavy atom. The molecule has 2 aromatic rings. The summed E-state index contributed by atoms with van der Waals surface area (Å²) in [5.74, 6) is 1.26. The highest BCUT2D eigenvalue weighted by atomic mass is 16.7. The lowest BCUT2D eigenvalue weighted by atomic mass is 9.80. The molecule has 3 atom stereocenters. The van der Waals surface area contributed by atoms with E-state index in [0.29, 0.717) is 29.9 Å². The van der Waals surface area contributed by atoms with Crippen molar-refractivity contribution in [1.29, 1.82) is 0 Å². The molecule has 2 fully saturated rings. The van der Waals surface area contributed by atoms with Crippen molar-refractivity contribution in [2.75, 3.05) is 13.9 Å². The van der Waals surface area contributed by atoms with Crippen LogP contribution in [-0.4, -0.2) is 51.9 Å². The molecule has 1 unspecified atom stereocenters. The molecule has 4 heterocycles. The molecular weight excluding hydrogens is 362 g/mol. The molecule has 1 N–H and O–H groups in total. The topological polar surface area (TPSA) is 94.0 Å². The number of carbonyl (C=O) groups excluding carboxylic acids is 1. The maximum absolute atomic E-state index is 13.0. The Balaban J connectivity index is 1.39. The van der Waals surface area contributed by atoms with Gasteiger partial charge in [-0.25, -0.2) is 9.97 Å². The Kier molecular flexibility index (Phi) is 3.90. The van der Waals surface area contributed by atoms with Crippen LogP contribution in [0.15, 0.2) is 30.6 Å². The predicted molar refractivity (Wildman–Crippen MR) is 97.3 cm³/mol. The van der Waals surface area contributed by atoms with E-state index in [2.05, 4.69) is 9.97 Å². The number of hydrogen-bond acceptors (Lipinski definition) is 7. The SMILES string of the molecule is COc1ncc(C(=O)N2[C@@H]3CC[C@H]2CC(O)(c2ccc4c(c2)OCO4)C3)cn1. The average molecular weight is 383 g/mol. The molecule has 0 aliphatic carbocycles. The Labute approximate surface area is 162 Å². The molecule has 3 aliphatic heterocycles. The fraction of sp³-hybridized carbons (Fsp3) is 0.450. The first-order valence-corrected chi connectivity index (χ1v) is 9.38. The van der Waals surface area contributed by atoms with Gasteiger partial charge in [0.25, 0.3) is 5.91 Å². The summed E-state index contributed by atoms with van der Waals surface area (Å²) in [4.78, 5) is 23.0. The molecule has 1 aromatic carbocycles. The molecule has 1 aromatic heterocycles. The second-order valence-corrected chi connectivity index (χ2v) is 7.56. The zero-order valence-corrected chi connectivity index (χ0v) is 15.5. The third-order valence-corrected chi connectivity index (χ3v) is 5.97. The first kappa shape index (κ1) is 17.2. The number of hydrogen-bond donors (Lipinski definition) is 1. The van der Waals surface area contributed by atoms with Crippen LogP contribution in [0.5, 0.6) is 17.5 Å². The van der Waals surface area contributed by atoms with Gasteiger partial charge in [-0.15, -0.1) is 0 Å². The zero-order valence-electron chi connectivity index (χ0n) is 15.5. The number of rotatable bonds is 3. The van der Waals surface area contributed by atoms with E-state index in [-0.39, 0.29) is 30.8 Å². The van der Waals surface area contributed by atoms with E-state index in [1.165, 1.54) is 19.5 Å². The molecule has 146 valence electrons. The van der Waals surface area contributed by atoms with Crippen molar-refractivity contribution in [2.45, 2.75) is 43.4 Å². The standard InChI is InChI=1S/C20H21N3O5/c1-26-19-21-9-12(10-22-19)18(24)23-14-3-4-15(23)8-20(25,7-14)13-2-5-16-17(6-13)28-11-27-16/h2,5-6,9-10,14-15,25H,3-4,7-8,11H2,1H3/t14-,15+,20?. The Morgan fingerprint density at radius 3 is 2.54 bits per heavy atom. The van der Waals surface area contributed by atoms with Gasteiger partial charge in [-0.05, 0) is 30.5 Å².